The van der Waals surface area contributed by atoms with Crippen LogP contribution in [0.4, 0.5) is 5.69 Å². The van der Waals surface area contributed by atoms with Gasteiger partial charge < -0.3 is 10.6 Å². The highest BCUT2D eigenvalue weighted by molar-refractivity contribution is 7.90. The number of sulfone groups is 1. The second-order valence-corrected chi connectivity index (χ2v) is 9.52. The first-order valence-electron chi connectivity index (χ1n) is 9.37. The largest absolute Gasteiger partial charge is 0.343 e. The van der Waals surface area contributed by atoms with E-state index < -0.39 is 9.84 Å². The first kappa shape index (κ1) is 18.2. The van der Waals surface area contributed by atoms with Crippen molar-refractivity contribution in [1.82, 2.24) is 5.32 Å². The van der Waals surface area contributed by atoms with Crippen LogP contribution in [0.15, 0.2) is 58.4 Å². The van der Waals surface area contributed by atoms with Crippen molar-refractivity contribution in [3.05, 3.63) is 59.7 Å². The van der Waals surface area contributed by atoms with Crippen LogP contribution in [0.25, 0.3) is 0 Å². The smallest absolute Gasteiger partial charge is 0.175 e. The number of piperidine rings is 1. The minimum atomic E-state index is -3.27. The Balaban J connectivity index is 1.71. The molecule has 1 fully saturated rings. The Labute approximate surface area is 160 Å². The van der Waals surface area contributed by atoms with E-state index in [9.17, 15) is 8.42 Å². The molecular weight excluding hydrogens is 358 g/mol. The fraction of sp³-hybridized carbons (Fsp3) is 0.381. The predicted molar refractivity (Wildman–Crippen MR) is 109 cm³/mol. The highest BCUT2D eigenvalue weighted by atomic mass is 32.2. The molecule has 1 spiro atoms. The van der Waals surface area contributed by atoms with E-state index in [1.807, 2.05) is 18.2 Å². The lowest BCUT2D eigenvalue weighted by atomic mass is 9.71. The minimum absolute atomic E-state index is 0.000360. The van der Waals surface area contributed by atoms with E-state index in [1.165, 1.54) is 11.8 Å². The second kappa shape index (κ2) is 7.09. The van der Waals surface area contributed by atoms with Crippen LogP contribution in [0.5, 0.6) is 0 Å². The van der Waals surface area contributed by atoms with E-state index in [0.717, 1.165) is 49.4 Å². The Morgan fingerprint density at radius 2 is 1.74 bits per heavy atom. The highest BCUT2D eigenvalue weighted by Gasteiger charge is 2.41. The summed E-state index contributed by atoms with van der Waals surface area (Å²) in [5, 5.41) is 7.00. The third-order valence-corrected chi connectivity index (χ3v) is 6.84. The average molecular weight is 384 g/mol. The molecule has 0 amide bonds. The van der Waals surface area contributed by atoms with Crippen molar-refractivity contribution in [3.8, 4) is 0 Å². The Morgan fingerprint density at radius 1 is 1.04 bits per heavy atom. The molecule has 0 aromatic heterocycles. The lowest BCUT2D eigenvalue weighted by molar-refractivity contribution is 0.293. The molecule has 0 bridgehead atoms. The molecule has 2 aromatic rings. The molecule has 2 aromatic carbocycles. The SMILES string of the molecule is CS(=O)(=O)c1ccccc1CN=C1Nc2ccccc2CC12CCNCC2. The van der Waals surface area contributed by atoms with Gasteiger partial charge in [-0.25, -0.2) is 8.42 Å². The van der Waals surface area contributed by atoms with Gasteiger partial charge in [0.15, 0.2) is 9.84 Å². The molecule has 0 unspecified atom stereocenters. The molecule has 5 nitrogen and oxygen atoms in total. The van der Waals surface area contributed by atoms with Gasteiger partial charge in [-0.3, -0.25) is 4.99 Å². The molecule has 4 rings (SSSR count). The number of amidine groups is 1. The number of hydrogen-bond donors (Lipinski definition) is 2. The van der Waals surface area contributed by atoms with Crippen molar-refractivity contribution in [3.63, 3.8) is 0 Å². The molecule has 2 aliphatic heterocycles. The van der Waals surface area contributed by atoms with E-state index in [-0.39, 0.29) is 5.41 Å². The van der Waals surface area contributed by atoms with Crippen molar-refractivity contribution in [2.24, 2.45) is 10.4 Å². The number of benzene rings is 2. The van der Waals surface area contributed by atoms with Crippen molar-refractivity contribution in [2.75, 3.05) is 24.7 Å². The van der Waals surface area contributed by atoms with Crippen molar-refractivity contribution in [2.45, 2.75) is 30.7 Å². The van der Waals surface area contributed by atoms with Gasteiger partial charge >= 0.3 is 0 Å². The first-order valence-corrected chi connectivity index (χ1v) is 11.3. The van der Waals surface area contributed by atoms with Crippen molar-refractivity contribution in [1.29, 1.82) is 0 Å². The van der Waals surface area contributed by atoms with Gasteiger partial charge in [0.25, 0.3) is 0 Å². The summed E-state index contributed by atoms with van der Waals surface area (Å²) in [7, 11) is -3.27. The summed E-state index contributed by atoms with van der Waals surface area (Å²) >= 11 is 0. The lowest BCUT2D eigenvalue weighted by Gasteiger charge is -2.42. The van der Waals surface area contributed by atoms with E-state index >= 15 is 0 Å². The predicted octanol–water partition coefficient (Wildman–Crippen LogP) is 3.03. The van der Waals surface area contributed by atoms with Crippen LogP contribution in [0.2, 0.25) is 0 Å². The zero-order valence-corrected chi connectivity index (χ0v) is 16.3. The van der Waals surface area contributed by atoms with Crippen LogP contribution in [-0.4, -0.2) is 33.6 Å². The third-order valence-electron chi connectivity index (χ3n) is 5.64. The van der Waals surface area contributed by atoms with Crippen LogP contribution >= 0.6 is 0 Å². The standard InChI is InChI=1S/C21H25N3O2S/c1-27(25,26)19-9-5-3-7-17(19)15-23-20-21(10-12-22-13-11-21)14-16-6-2-4-8-18(16)24-20/h2-9,22H,10-15H2,1H3,(H,23,24). The summed E-state index contributed by atoms with van der Waals surface area (Å²) in [5.41, 5.74) is 3.18. The normalized spacial score (nSPS) is 20.3. The number of nitrogens with zero attached hydrogens (tertiary/aromatic N) is 1. The number of anilines is 1. The maximum atomic E-state index is 12.1. The number of nitrogens with one attached hydrogen (secondary N) is 2. The zero-order valence-electron chi connectivity index (χ0n) is 15.5. The lowest BCUT2D eigenvalue weighted by Crippen LogP contribution is -2.48. The highest BCUT2D eigenvalue weighted by Crippen LogP contribution is 2.41. The van der Waals surface area contributed by atoms with E-state index in [2.05, 4.69) is 28.8 Å². The number of hydrogen-bond acceptors (Lipinski definition) is 4. The molecule has 142 valence electrons. The topological polar surface area (TPSA) is 70.6 Å². The molecule has 27 heavy (non-hydrogen) atoms. The molecule has 2 N–H and O–H groups in total. The molecule has 1 saturated heterocycles. The van der Waals surface area contributed by atoms with Gasteiger partial charge in [0, 0.05) is 17.4 Å². The van der Waals surface area contributed by atoms with Crippen molar-refractivity contribution < 1.29 is 8.42 Å². The summed E-state index contributed by atoms with van der Waals surface area (Å²) in [6.07, 6.45) is 4.29. The Morgan fingerprint density at radius 3 is 2.52 bits per heavy atom. The van der Waals surface area contributed by atoms with Crippen LogP contribution in [0, 0.1) is 5.41 Å². The molecular formula is C21H25N3O2S. The van der Waals surface area contributed by atoms with Crippen LogP contribution < -0.4 is 10.6 Å². The molecule has 0 aliphatic carbocycles. The summed E-state index contributed by atoms with van der Waals surface area (Å²) < 4.78 is 24.2. The van der Waals surface area contributed by atoms with Gasteiger partial charge in [0.05, 0.1) is 11.4 Å². The average Bonchev–Trinajstić information content (AvgIpc) is 2.66. The molecule has 2 aliphatic rings. The Hall–Kier alpha value is -2.18. The summed E-state index contributed by atoms with van der Waals surface area (Å²) in [4.78, 5) is 5.28. The molecule has 6 heteroatoms. The fourth-order valence-electron chi connectivity index (χ4n) is 4.19. The maximum Gasteiger partial charge on any atom is 0.175 e. The van der Waals surface area contributed by atoms with E-state index in [1.54, 1.807) is 12.1 Å². The monoisotopic (exact) mass is 383 g/mol. The number of aliphatic imine (C=N–C) groups is 1. The Bertz CT molecular complexity index is 976. The van der Waals surface area contributed by atoms with Crippen LogP contribution in [0.3, 0.4) is 0 Å². The molecule has 0 saturated carbocycles. The van der Waals surface area contributed by atoms with Gasteiger partial charge in [-0.15, -0.1) is 0 Å². The summed E-state index contributed by atoms with van der Waals surface area (Å²) in [5.74, 6) is 0.992. The van der Waals surface area contributed by atoms with Gasteiger partial charge in [-0.05, 0) is 55.6 Å². The maximum absolute atomic E-state index is 12.1. The molecule has 2 heterocycles. The quantitative estimate of drug-likeness (QED) is 0.855. The van der Waals surface area contributed by atoms with E-state index in [0.29, 0.717) is 11.4 Å². The number of rotatable bonds is 3. The number of fused-ring (bicyclic) bond motifs is 1. The van der Waals surface area contributed by atoms with Gasteiger partial charge in [-0.2, -0.15) is 0 Å². The second-order valence-electron chi connectivity index (χ2n) is 7.53. The van der Waals surface area contributed by atoms with E-state index in [4.69, 9.17) is 4.99 Å². The summed E-state index contributed by atoms with van der Waals surface area (Å²) in [6, 6.07) is 15.5. The number of para-hydroxylation sites is 1. The third kappa shape index (κ3) is 3.64. The minimum Gasteiger partial charge on any atom is -0.343 e. The molecule has 0 radical (unpaired) electrons. The van der Waals surface area contributed by atoms with Gasteiger partial charge in [0.1, 0.15) is 5.84 Å². The summed E-state index contributed by atoms with van der Waals surface area (Å²) in [6.45, 7) is 2.31. The van der Waals surface area contributed by atoms with Gasteiger partial charge in [0.2, 0.25) is 0 Å². The first-order chi connectivity index (χ1) is 13.0. The van der Waals surface area contributed by atoms with Crippen molar-refractivity contribution >= 4 is 21.4 Å². The molecule has 0 atom stereocenters. The fourth-order valence-corrected chi connectivity index (χ4v) is 5.13. The van der Waals surface area contributed by atoms with Crippen LogP contribution in [-0.2, 0) is 22.8 Å². The Kier molecular flexibility index (Phi) is 4.78. The van der Waals surface area contributed by atoms with Crippen LogP contribution in [0.1, 0.15) is 24.0 Å². The van der Waals surface area contributed by atoms with Gasteiger partial charge in [-0.1, -0.05) is 36.4 Å². The zero-order chi connectivity index (χ0) is 18.9.